The lowest BCUT2D eigenvalue weighted by Crippen LogP contribution is -2.17. The van der Waals surface area contributed by atoms with Crippen molar-refractivity contribution >= 4 is 33.9 Å². The maximum atomic E-state index is 12.5. The van der Waals surface area contributed by atoms with Crippen molar-refractivity contribution in [3.05, 3.63) is 80.2 Å². The van der Waals surface area contributed by atoms with Crippen LogP contribution in [-0.2, 0) is 0 Å². The maximum absolute atomic E-state index is 12.5. The second kappa shape index (κ2) is 6.23. The van der Waals surface area contributed by atoms with E-state index in [9.17, 15) is 4.79 Å². The van der Waals surface area contributed by atoms with E-state index in [1.165, 1.54) is 11.3 Å². The third-order valence-corrected chi connectivity index (χ3v) is 4.91. The molecule has 0 aliphatic carbocycles. The fourth-order valence-electron chi connectivity index (χ4n) is 2.67. The first-order valence-corrected chi connectivity index (χ1v) is 8.67. The first kappa shape index (κ1) is 15.7. The van der Waals surface area contributed by atoms with Crippen molar-refractivity contribution in [1.29, 1.82) is 0 Å². The molecule has 4 aromatic rings. The van der Waals surface area contributed by atoms with Crippen molar-refractivity contribution in [3.8, 4) is 16.9 Å². The van der Waals surface area contributed by atoms with E-state index in [0.717, 1.165) is 11.1 Å². The summed E-state index contributed by atoms with van der Waals surface area (Å²) in [6.07, 6.45) is 0. The summed E-state index contributed by atoms with van der Waals surface area (Å²) in [5, 5.41) is 7.13. The molecule has 7 heteroatoms. The minimum Gasteiger partial charge on any atom is -0.422 e. The fraction of sp³-hybridized carbons (Fsp3) is 0. The zero-order chi connectivity index (χ0) is 17.4. The summed E-state index contributed by atoms with van der Waals surface area (Å²) >= 11 is 7.32. The molecule has 5 nitrogen and oxygen atoms in total. The summed E-state index contributed by atoms with van der Waals surface area (Å²) in [6, 6.07) is 16.4. The lowest BCUT2D eigenvalue weighted by atomic mass is 10.1. The lowest BCUT2D eigenvalue weighted by Gasteiger charge is -2.09. The lowest BCUT2D eigenvalue weighted by molar-refractivity contribution is 0.563. The van der Waals surface area contributed by atoms with Gasteiger partial charge in [0.25, 0.3) is 0 Å². The van der Waals surface area contributed by atoms with Crippen LogP contribution in [0.3, 0.4) is 0 Å². The van der Waals surface area contributed by atoms with Gasteiger partial charge in [-0.25, -0.2) is 4.79 Å². The Balaban J connectivity index is 2.01. The Morgan fingerprint density at radius 2 is 1.88 bits per heavy atom. The highest BCUT2D eigenvalue weighted by Crippen LogP contribution is 2.24. The molecule has 0 unspecified atom stereocenters. The van der Waals surface area contributed by atoms with Crippen molar-refractivity contribution < 1.29 is 4.42 Å². The predicted octanol–water partition coefficient (Wildman–Crippen LogP) is 3.74. The van der Waals surface area contributed by atoms with E-state index < -0.39 is 5.63 Å². The van der Waals surface area contributed by atoms with Gasteiger partial charge in [0.2, 0.25) is 4.80 Å². The van der Waals surface area contributed by atoms with Gasteiger partial charge in [-0.3, -0.25) is 4.57 Å². The molecule has 0 atom stereocenters. The van der Waals surface area contributed by atoms with Gasteiger partial charge in [0.05, 0.1) is 11.3 Å². The highest BCUT2D eigenvalue weighted by atomic mass is 35.5. The summed E-state index contributed by atoms with van der Waals surface area (Å²) < 4.78 is 7.26. The van der Waals surface area contributed by atoms with Gasteiger partial charge in [-0.15, -0.1) is 11.3 Å². The smallest absolute Gasteiger partial charge is 0.345 e. The SMILES string of the molecule is N/N=c1\scc(-c2cc3ccccc3oc2=O)n1-c1ccc(Cl)cc1. The van der Waals surface area contributed by atoms with Crippen molar-refractivity contribution in [3.63, 3.8) is 0 Å². The molecular weight excluding hydrogens is 358 g/mol. The van der Waals surface area contributed by atoms with Crippen molar-refractivity contribution in [2.45, 2.75) is 0 Å². The Hall–Kier alpha value is -2.83. The van der Waals surface area contributed by atoms with E-state index in [1.54, 1.807) is 18.2 Å². The molecule has 0 aliphatic rings. The Morgan fingerprint density at radius 3 is 2.64 bits per heavy atom. The van der Waals surface area contributed by atoms with Crippen LogP contribution < -0.4 is 16.3 Å². The number of hydrogen-bond donors (Lipinski definition) is 1. The Kier molecular flexibility index (Phi) is 3.91. The number of nitrogens with zero attached hydrogens (tertiary/aromatic N) is 2. The number of thiazole rings is 1. The molecule has 0 radical (unpaired) electrons. The molecule has 0 saturated heterocycles. The third-order valence-electron chi connectivity index (χ3n) is 3.82. The summed E-state index contributed by atoms with van der Waals surface area (Å²) in [5.41, 5.74) is 2.05. The molecule has 0 amide bonds. The fourth-order valence-corrected chi connectivity index (χ4v) is 3.61. The van der Waals surface area contributed by atoms with Gasteiger partial charge in [-0.05, 0) is 36.4 Å². The maximum Gasteiger partial charge on any atom is 0.345 e. The summed E-state index contributed by atoms with van der Waals surface area (Å²) in [5.74, 6) is 5.52. The zero-order valence-corrected chi connectivity index (χ0v) is 14.4. The number of aromatic nitrogens is 1. The van der Waals surface area contributed by atoms with Crippen LogP contribution >= 0.6 is 22.9 Å². The molecule has 0 saturated carbocycles. The average Bonchev–Trinajstić information content (AvgIpc) is 3.05. The van der Waals surface area contributed by atoms with Crippen LogP contribution in [0.4, 0.5) is 0 Å². The number of para-hydroxylation sites is 1. The van der Waals surface area contributed by atoms with Crippen LogP contribution in [0.15, 0.2) is 74.3 Å². The molecule has 2 N–H and O–H groups in total. The Morgan fingerprint density at radius 1 is 1.12 bits per heavy atom. The monoisotopic (exact) mass is 369 g/mol. The molecule has 4 rings (SSSR count). The van der Waals surface area contributed by atoms with Gasteiger partial charge < -0.3 is 10.3 Å². The van der Waals surface area contributed by atoms with Gasteiger partial charge in [-0.2, -0.15) is 5.10 Å². The number of nitrogens with two attached hydrogens (primary N) is 1. The van der Waals surface area contributed by atoms with Crippen LogP contribution in [0.2, 0.25) is 5.02 Å². The zero-order valence-electron chi connectivity index (χ0n) is 12.8. The van der Waals surface area contributed by atoms with Gasteiger partial charge in [-0.1, -0.05) is 29.8 Å². The van der Waals surface area contributed by atoms with E-state index in [1.807, 2.05) is 46.3 Å². The molecule has 2 aromatic heterocycles. The van der Waals surface area contributed by atoms with E-state index >= 15 is 0 Å². The van der Waals surface area contributed by atoms with E-state index in [4.69, 9.17) is 21.9 Å². The molecule has 2 heterocycles. The Bertz CT molecular complexity index is 1190. The second-order valence-corrected chi connectivity index (χ2v) is 6.60. The van der Waals surface area contributed by atoms with Crippen LogP contribution in [0, 0.1) is 0 Å². The van der Waals surface area contributed by atoms with Gasteiger partial charge in [0, 0.05) is 21.5 Å². The first-order valence-electron chi connectivity index (χ1n) is 7.41. The largest absolute Gasteiger partial charge is 0.422 e. The first-order chi connectivity index (χ1) is 12.2. The van der Waals surface area contributed by atoms with Crippen LogP contribution in [0.25, 0.3) is 27.9 Å². The highest BCUT2D eigenvalue weighted by Gasteiger charge is 2.15. The number of fused-ring (bicyclic) bond motifs is 1. The molecule has 2 aromatic carbocycles. The summed E-state index contributed by atoms with van der Waals surface area (Å²) in [6.45, 7) is 0. The number of rotatable bonds is 2. The van der Waals surface area contributed by atoms with Gasteiger partial charge in [0.15, 0.2) is 0 Å². The highest BCUT2D eigenvalue weighted by molar-refractivity contribution is 7.07. The summed E-state index contributed by atoms with van der Waals surface area (Å²) in [7, 11) is 0. The topological polar surface area (TPSA) is 73.5 Å². The van der Waals surface area contributed by atoms with Crippen molar-refractivity contribution in [1.82, 2.24) is 4.57 Å². The minimum atomic E-state index is -0.414. The number of halogens is 1. The van der Waals surface area contributed by atoms with Crippen LogP contribution in [0.5, 0.6) is 0 Å². The third kappa shape index (κ3) is 2.75. The molecule has 0 fully saturated rings. The molecule has 25 heavy (non-hydrogen) atoms. The van der Waals surface area contributed by atoms with E-state index in [-0.39, 0.29) is 0 Å². The number of benzene rings is 2. The Labute approximate surface area is 151 Å². The van der Waals surface area contributed by atoms with Gasteiger partial charge >= 0.3 is 5.63 Å². The normalized spacial score (nSPS) is 12.0. The quantitative estimate of drug-likeness (QED) is 0.332. The van der Waals surface area contributed by atoms with Crippen molar-refractivity contribution in [2.75, 3.05) is 0 Å². The van der Waals surface area contributed by atoms with Crippen LogP contribution in [0.1, 0.15) is 0 Å². The molecule has 0 bridgehead atoms. The molecule has 124 valence electrons. The van der Waals surface area contributed by atoms with E-state index in [2.05, 4.69) is 5.10 Å². The van der Waals surface area contributed by atoms with Gasteiger partial charge in [0.1, 0.15) is 5.58 Å². The molecule has 0 spiro atoms. The average molecular weight is 370 g/mol. The second-order valence-electron chi connectivity index (χ2n) is 5.33. The van der Waals surface area contributed by atoms with E-state index in [0.29, 0.717) is 26.7 Å². The minimum absolute atomic E-state index is 0.414. The summed E-state index contributed by atoms with van der Waals surface area (Å²) in [4.78, 5) is 13.1. The predicted molar refractivity (Wildman–Crippen MR) is 99.9 cm³/mol. The number of hydrogen-bond acceptors (Lipinski definition) is 5. The van der Waals surface area contributed by atoms with Crippen LogP contribution in [-0.4, -0.2) is 4.57 Å². The van der Waals surface area contributed by atoms with Crippen molar-refractivity contribution in [2.24, 2.45) is 10.9 Å². The molecule has 0 aliphatic heterocycles. The standard InChI is InChI=1S/C18H12ClN3O2S/c19-12-5-7-13(8-6-12)22-15(10-25-18(22)21-20)14-9-11-3-1-2-4-16(11)24-17(14)23/h1-10H,20H2/b21-18-. The molecular formula is C18H12ClN3O2S.